The number of carbonyl (C=O) groups excluding carboxylic acids is 2. The van der Waals surface area contributed by atoms with Gasteiger partial charge in [-0.2, -0.15) is 0 Å². The van der Waals surface area contributed by atoms with Crippen LogP contribution in [0.5, 0.6) is 0 Å². The van der Waals surface area contributed by atoms with E-state index in [-0.39, 0.29) is 23.7 Å². The second-order valence-corrected chi connectivity index (χ2v) is 9.25. The lowest BCUT2D eigenvalue weighted by Crippen LogP contribution is -2.47. The minimum atomic E-state index is -0.715. The van der Waals surface area contributed by atoms with E-state index >= 15 is 0 Å². The molecule has 1 N–H and O–H groups in total. The SMILES string of the molecule is O=C(NC1CCCCC1)C(c1cccc(Br)c1)N(Cc1cccs1)C(=O)CCl. The number of halogens is 2. The summed E-state index contributed by atoms with van der Waals surface area (Å²) < 4.78 is 0.870. The molecule has 1 heterocycles. The van der Waals surface area contributed by atoms with Crippen LogP contribution in [0.25, 0.3) is 0 Å². The molecule has 0 bridgehead atoms. The lowest BCUT2D eigenvalue weighted by Gasteiger charge is -2.33. The number of alkyl halides is 1. The lowest BCUT2D eigenvalue weighted by atomic mass is 9.94. The molecule has 1 aliphatic rings. The van der Waals surface area contributed by atoms with Gasteiger partial charge in [-0.3, -0.25) is 9.59 Å². The molecule has 1 unspecified atom stereocenters. The van der Waals surface area contributed by atoms with Gasteiger partial charge in [0, 0.05) is 15.4 Å². The standard InChI is InChI=1S/C21H24BrClN2O2S/c22-16-7-4-6-15(12-16)20(21(27)24-17-8-2-1-3-9-17)25(19(26)13-23)14-18-10-5-11-28-18/h4-7,10-12,17,20H,1-3,8-9,13-14H2,(H,24,27). The van der Waals surface area contributed by atoms with Crippen LogP contribution in [0.3, 0.4) is 0 Å². The predicted octanol–water partition coefficient (Wildman–Crippen LogP) is 5.27. The van der Waals surface area contributed by atoms with Crippen LogP contribution >= 0.6 is 38.9 Å². The molecule has 3 rings (SSSR count). The quantitative estimate of drug-likeness (QED) is 0.546. The molecule has 150 valence electrons. The van der Waals surface area contributed by atoms with E-state index in [4.69, 9.17) is 11.6 Å². The van der Waals surface area contributed by atoms with Crippen LogP contribution in [0, 0.1) is 0 Å². The Morgan fingerprint density at radius 1 is 1.21 bits per heavy atom. The number of nitrogens with zero attached hydrogens (tertiary/aromatic N) is 1. The fourth-order valence-corrected chi connectivity index (χ4v) is 4.92. The van der Waals surface area contributed by atoms with E-state index in [2.05, 4.69) is 21.2 Å². The minimum Gasteiger partial charge on any atom is -0.351 e. The van der Waals surface area contributed by atoms with E-state index < -0.39 is 6.04 Å². The van der Waals surface area contributed by atoms with Crippen LogP contribution in [-0.2, 0) is 16.1 Å². The van der Waals surface area contributed by atoms with Crippen molar-refractivity contribution in [3.8, 4) is 0 Å². The number of carbonyl (C=O) groups is 2. The fourth-order valence-electron chi connectivity index (χ4n) is 3.65. The van der Waals surface area contributed by atoms with Gasteiger partial charge in [0.1, 0.15) is 11.9 Å². The van der Waals surface area contributed by atoms with Crippen LogP contribution in [-0.4, -0.2) is 28.6 Å². The van der Waals surface area contributed by atoms with Crippen molar-refractivity contribution in [1.82, 2.24) is 10.2 Å². The minimum absolute atomic E-state index is 0.139. The van der Waals surface area contributed by atoms with Gasteiger partial charge in [0.15, 0.2) is 0 Å². The third kappa shape index (κ3) is 5.58. The van der Waals surface area contributed by atoms with E-state index in [1.807, 2.05) is 41.8 Å². The van der Waals surface area contributed by atoms with Crippen LogP contribution in [0.15, 0.2) is 46.3 Å². The highest BCUT2D eigenvalue weighted by Gasteiger charge is 2.32. The number of thiophene rings is 1. The number of benzene rings is 1. The smallest absolute Gasteiger partial charge is 0.247 e. The maximum atomic E-state index is 13.4. The van der Waals surface area contributed by atoms with Crippen molar-refractivity contribution in [3.63, 3.8) is 0 Å². The third-order valence-electron chi connectivity index (χ3n) is 5.02. The largest absolute Gasteiger partial charge is 0.351 e. The van der Waals surface area contributed by atoms with E-state index in [9.17, 15) is 9.59 Å². The Morgan fingerprint density at radius 3 is 2.64 bits per heavy atom. The van der Waals surface area contributed by atoms with Crippen molar-refractivity contribution in [2.75, 3.05) is 5.88 Å². The van der Waals surface area contributed by atoms with Crippen LogP contribution < -0.4 is 5.32 Å². The molecule has 1 aromatic carbocycles. The molecule has 1 atom stereocenters. The first-order valence-corrected chi connectivity index (χ1v) is 11.7. The maximum absolute atomic E-state index is 13.4. The molecular formula is C21H24BrClN2O2S. The van der Waals surface area contributed by atoms with Crippen molar-refractivity contribution >= 4 is 50.7 Å². The highest BCUT2D eigenvalue weighted by Crippen LogP contribution is 2.28. The topological polar surface area (TPSA) is 49.4 Å². The monoisotopic (exact) mass is 482 g/mol. The summed E-state index contributed by atoms with van der Waals surface area (Å²) in [5.41, 5.74) is 0.776. The van der Waals surface area contributed by atoms with Gasteiger partial charge >= 0.3 is 0 Å². The summed E-state index contributed by atoms with van der Waals surface area (Å²) in [4.78, 5) is 28.7. The van der Waals surface area contributed by atoms with E-state index in [0.29, 0.717) is 6.54 Å². The highest BCUT2D eigenvalue weighted by atomic mass is 79.9. The van der Waals surface area contributed by atoms with Gasteiger partial charge in [-0.15, -0.1) is 22.9 Å². The van der Waals surface area contributed by atoms with Gasteiger partial charge in [0.2, 0.25) is 11.8 Å². The fraction of sp³-hybridized carbons (Fsp3) is 0.429. The normalized spacial score (nSPS) is 15.8. The van der Waals surface area contributed by atoms with Gasteiger partial charge in [0.25, 0.3) is 0 Å². The summed E-state index contributed by atoms with van der Waals surface area (Å²) in [7, 11) is 0. The Morgan fingerprint density at radius 2 is 2.00 bits per heavy atom. The Hall–Kier alpha value is -1.37. The van der Waals surface area contributed by atoms with Gasteiger partial charge in [0.05, 0.1) is 6.54 Å². The highest BCUT2D eigenvalue weighted by molar-refractivity contribution is 9.10. The number of nitrogens with one attached hydrogen (secondary N) is 1. The maximum Gasteiger partial charge on any atom is 0.247 e. The van der Waals surface area contributed by atoms with Gasteiger partial charge in [-0.1, -0.05) is 53.4 Å². The Bertz CT molecular complexity index is 793. The lowest BCUT2D eigenvalue weighted by molar-refractivity contribution is -0.140. The first-order valence-electron chi connectivity index (χ1n) is 9.52. The molecule has 0 spiro atoms. The zero-order valence-corrected chi connectivity index (χ0v) is 18.7. The zero-order chi connectivity index (χ0) is 19.9. The summed E-state index contributed by atoms with van der Waals surface area (Å²) >= 11 is 11.0. The summed E-state index contributed by atoms with van der Waals surface area (Å²) in [5, 5.41) is 5.16. The molecule has 1 fully saturated rings. The van der Waals surface area contributed by atoms with E-state index in [1.165, 1.54) is 6.42 Å². The summed E-state index contributed by atoms with van der Waals surface area (Å²) in [5.74, 6) is -0.550. The number of rotatable bonds is 7. The van der Waals surface area contributed by atoms with Crippen LogP contribution in [0.1, 0.15) is 48.6 Å². The number of amides is 2. The molecule has 0 saturated heterocycles. The summed E-state index contributed by atoms with van der Waals surface area (Å²) in [6, 6.07) is 10.9. The van der Waals surface area contributed by atoms with Crippen molar-refractivity contribution in [1.29, 1.82) is 0 Å². The molecule has 0 aliphatic heterocycles. The molecule has 28 heavy (non-hydrogen) atoms. The van der Waals surface area contributed by atoms with Crippen LogP contribution in [0.2, 0.25) is 0 Å². The number of hydrogen-bond acceptors (Lipinski definition) is 3. The zero-order valence-electron chi connectivity index (χ0n) is 15.6. The molecule has 0 radical (unpaired) electrons. The van der Waals surface area contributed by atoms with Crippen molar-refractivity contribution < 1.29 is 9.59 Å². The first kappa shape index (κ1) is 21.3. The van der Waals surface area contributed by atoms with Gasteiger partial charge < -0.3 is 10.2 Å². The van der Waals surface area contributed by atoms with Gasteiger partial charge in [-0.25, -0.2) is 0 Å². The predicted molar refractivity (Wildman–Crippen MR) is 117 cm³/mol. The Kier molecular flexibility index (Phi) is 7.94. The average molecular weight is 484 g/mol. The van der Waals surface area contributed by atoms with Crippen molar-refractivity contribution in [2.45, 2.75) is 50.7 Å². The number of hydrogen-bond donors (Lipinski definition) is 1. The second kappa shape index (κ2) is 10.4. The van der Waals surface area contributed by atoms with Crippen LogP contribution in [0.4, 0.5) is 0 Å². The van der Waals surface area contributed by atoms with Crippen molar-refractivity contribution in [3.05, 3.63) is 56.7 Å². The van der Waals surface area contributed by atoms with Crippen molar-refractivity contribution in [2.24, 2.45) is 0 Å². The second-order valence-electron chi connectivity index (χ2n) is 7.04. The molecule has 1 saturated carbocycles. The molecular weight excluding hydrogens is 460 g/mol. The third-order valence-corrected chi connectivity index (χ3v) is 6.60. The Balaban J connectivity index is 1.92. The molecule has 1 aromatic heterocycles. The Labute approximate surface area is 183 Å². The molecule has 2 aromatic rings. The molecule has 7 heteroatoms. The summed E-state index contributed by atoms with van der Waals surface area (Å²) in [6.07, 6.45) is 5.46. The average Bonchev–Trinajstić information content (AvgIpc) is 3.21. The van der Waals surface area contributed by atoms with Gasteiger partial charge in [-0.05, 0) is 42.0 Å². The molecule has 1 aliphatic carbocycles. The summed E-state index contributed by atoms with van der Waals surface area (Å²) in [6.45, 7) is 0.360. The van der Waals surface area contributed by atoms with E-state index in [1.54, 1.807) is 16.2 Å². The molecule has 2 amide bonds. The first-order chi connectivity index (χ1) is 13.6. The van der Waals surface area contributed by atoms with E-state index in [0.717, 1.165) is 40.6 Å². The molecule has 4 nitrogen and oxygen atoms in total.